The van der Waals surface area contributed by atoms with Crippen molar-refractivity contribution < 1.29 is 9.13 Å². The van der Waals surface area contributed by atoms with Crippen molar-refractivity contribution in [2.45, 2.75) is 0 Å². The second kappa shape index (κ2) is 9.40. The predicted octanol–water partition coefficient (Wildman–Crippen LogP) is 4.11. The minimum atomic E-state index is -0.299. The number of halogens is 2. The predicted molar refractivity (Wildman–Crippen MR) is 134 cm³/mol. The molecule has 1 fully saturated rings. The lowest BCUT2D eigenvalue weighted by Gasteiger charge is -2.36. The Kier molecular flexibility index (Phi) is 6.16. The van der Waals surface area contributed by atoms with E-state index in [1.165, 1.54) is 12.1 Å². The van der Waals surface area contributed by atoms with Crippen LogP contribution in [0.25, 0.3) is 17.0 Å². The molecule has 0 atom stereocenters. The number of aromatic nitrogens is 4. The summed E-state index contributed by atoms with van der Waals surface area (Å²) in [6.07, 6.45) is 0. The lowest BCUT2D eigenvalue weighted by Crippen LogP contribution is -2.50. The number of piperazine rings is 1. The van der Waals surface area contributed by atoms with Crippen molar-refractivity contribution in [2.24, 2.45) is 0 Å². The minimum absolute atomic E-state index is 0.299. The highest BCUT2D eigenvalue weighted by atomic mass is 35.5. The molecule has 5 rings (SSSR count). The molecule has 2 aromatic heterocycles. The molecule has 34 heavy (non-hydrogen) atoms. The fourth-order valence-electron chi connectivity index (χ4n) is 3.81. The third-order valence-electron chi connectivity index (χ3n) is 5.65. The summed E-state index contributed by atoms with van der Waals surface area (Å²) in [4.78, 5) is 4.31. The van der Waals surface area contributed by atoms with E-state index < -0.39 is 0 Å². The molecule has 2 aromatic carbocycles. The van der Waals surface area contributed by atoms with Gasteiger partial charge in [-0.3, -0.25) is 0 Å². The molecule has 11 heteroatoms. The second-order valence-corrected chi connectivity index (χ2v) is 8.54. The largest absolute Gasteiger partial charge is 0.495 e. The average molecular weight is 498 g/mol. The quantitative estimate of drug-likeness (QED) is 0.422. The molecule has 3 heterocycles. The van der Waals surface area contributed by atoms with Crippen LogP contribution in [0.4, 0.5) is 15.9 Å². The first kappa shape index (κ1) is 22.3. The topological polar surface area (TPSA) is 70.8 Å². The van der Waals surface area contributed by atoms with Gasteiger partial charge in [0.1, 0.15) is 17.4 Å². The Morgan fingerprint density at radius 1 is 1.03 bits per heavy atom. The Labute approximate surface area is 205 Å². The molecular weight excluding hydrogens is 477 g/mol. The zero-order chi connectivity index (χ0) is 23.7. The molecule has 1 saturated heterocycles. The number of rotatable bonds is 4. The third kappa shape index (κ3) is 4.46. The molecule has 0 spiro atoms. The molecule has 0 amide bonds. The van der Waals surface area contributed by atoms with Gasteiger partial charge in [-0.05, 0) is 66.8 Å². The average Bonchev–Trinajstić information content (AvgIpc) is 3.28. The van der Waals surface area contributed by atoms with E-state index in [1.54, 1.807) is 35.9 Å². The number of fused-ring (bicyclic) bond motifs is 1. The Morgan fingerprint density at radius 2 is 1.79 bits per heavy atom. The van der Waals surface area contributed by atoms with Gasteiger partial charge in [0.25, 0.3) is 0 Å². The molecule has 0 saturated carbocycles. The molecule has 0 unspecified atom stereocenters. The van der Waals surface area contributed by atoms with Gasteiger partial charge in [0, 0.05) is 37.4 Å². The van der Waals surface area contributed by atoms with Crippen LogP contribution in [0, 0.1) is 5.82 Å². The molecular formula is C23H21ClFN7OS. The zero-order valence-corrected chi connectivity index (χ0v) is 19.9. The summed E-state index contributed by atoms with van der Waals surface area (Å²) in [6, 6.07) is 15.4. The van der Waals surface area contributed by atoms with Crippen LogP contribution in [0.15, 0.2) is 54.6 Å². The Balaban J connectivity index is 1.26. The normalized spacial score (nSPS) is 13.9. The first-order valence-corrected chi connectivity index (χ1v) is 11.4. The molecule has 8 nitrogen and oxygen atoms in total. The Morgan fingerprint density at radius 3 is 2.50 bits per heavy atom. The van der Waals surface area contributed by atoms with Gasteiger partial charge in [0.05, 0.1) is 12.1 Å². The molecule has 0 bridgehead atoms. The van der Waals surface area contributed by atoms with E-state index in [9.17, 15) is 4.39 Å². The van der Waals surface area contributed by atoms with Crippen molar-refractivity contribution in [3.8, 4) is 17.1 Å². The fraction of sp³-hybridized carbons (Fsp3) is 0.217. The van der Waals surface area contributed by atoms with Gasteiger partial charge in [0.2, 0.25) is 0 Å². The first-order valence-electron chi connectivity index (χ1n) is 10.6. The number of thiocarbonyl (C=S) groups is 1. The van der Waals surface area contributed by atoms with Crippen LogP contribution in [-0.4, -0.2) is 63.1 Å². The smallest absolute Gasteiger partial charge is 0.185 e. The summed E-state index contributed by atoms with van der Waals surface area (Å²) < 4.78 is 20.2. The summed E-state index contributed by atoms with van der Waals surface area (Å²) in [6.45, 7) is 2.97. The lowest BCUT2D eigenvalue weighted by molar-refractivity contribution is 0.389. The standard InChI is InChI=1S/C23H21ClFN7OS/c1-33-19-7-6-17(14-18(19)24)26-23(34)31-12-10-30(11-13-31)21-9-8-20-27-28-22(32(20)29-21)15-2-4-16(25)5-3-15/h2-9,14H,10-13H2,1H3,(H,26,34). The highest BCUT2D eigenvalue weighted by molar-refractivity contribution is 7.80. The van der Waals surface area contributed by atoms with E-state index in [4.69, 9.17) is 33.7 Å². The van der Waals surface area contributed by atoms with E-state index in [2.05, 4.69) is 25.3 Å². The van der Waals surface area contributed by atoms with Crippen molar-refractivity contribution in [3.05, 3.63) is 65.4 Å². The first-order chi connectivity index (χ1) is 16.5. The second-order valence-electron chi connectivity index (χ2n) is 7.75. The third-order valence-corrected chi connectivity index (χ3v) is 6.30. The van der Waals surface area contributed by atoms with E-state index in [0.717, 1.165) is 43.2 Å². The van der Waals surface area contributed by atoms with Crippen molar-refractivity contribution in [1.82, 2.24) is 24.7 Å². The molecule has 0 radical (unpaired) electrons. The number of benzene rings is 2. The monoisotopic (exact) mass is 497 g/mol. The molecule has 174 valence electrons. The van der Waals surface area contributed by atoms with Gasteiger partial charge in [0.15, 0.2) is 16.6 Å². The van der Waals surface area contributed by atoms with E-state index in [1.807, 2.05) is 18.2 Å². The highest BCUT2D eigenvalue weighted by Gasteiger charge is 2.21. The maximum atomic E-state index is 13.3. The summed E-state index contributed by atoms with van der Waals surface area (Å²) in [5.41, 5.74) is 2.19. The zero-order valence-electron chi connectivity index (χ0n) is 18.3. The summed E-state index contributed by atoms with van der Waals surface area (Å²) in [7, 11) is 1.58. The summed E-state index contributed by atoms with van der Waals surface area (Å²) in [5, 5.41) is 17.6. The SMILES string of the molecule is COc1ccc(NC(=S)N2CCN(c3ccc4nnc(-c5ccc(F)cc5)n4n3)CC2)cc1Cl. The van der Waals surface area contributed by atoms with Crippen molar-refractivity contribution in [3.63, 3.8) is 0 Å². The molecule has 0 aliphatic carbocycles. The number of anilines is 2. The van der Waals surface area contributed by atoms with Gasteiger partial charge < -0.3 is 19.9 Å². The van der Waals surface area contributed by atoms with Gasteiger partial charge in [-0.1, -0.05) is 11.6 Å². The van der Waals surface area contributed by atoms with Crippen molar-refractivity contribution in [1.29, 1.82) is 0 Å². The van der Waals surface area contributed by atoms with Crippen molar-refractivity contribution >= 4 is 46.1 Å². The number of hydrogen-bond donors (Lipinski definition) is 1. The van der Waals surface area contributed by atoms with Crippen molar-refractivity contribution in [2.75, 3.05) is 43.5 Å². The van der Waals surface area contributed by atoms with Crippen LogP contribution in [-0.2, 0) is 0 Å². The van der Waals surface area contributed by atoms with E-state index in [0.29, 0.717) is 27.4 Å². The Bertz CT molecular complexity index is 1340. The van der Waals surface area contributed by atoms with E-state index >= 15 is 0 Å². The van der Waals surface area contributed by atoms with Crippen LogP contribution in [0.1, 0.15) is 0 Å². The van der Waals surface area contributed by atoms with Crippen LogP contribution in [0.2, 0.25) is 5.02 Å². The van der Waals surface area contributed by atoms with Crippen LogP contribution in [0.5, 0.6) is 5.75 Å². The highest BCUT2D eigenvalue weighted by Crippen LogP contribution is 2.27. The molecule has 1 N–H and O–H groups in total. The van der Waals surface area contributed by atoms with Gasteiger partial charge in [-0.15, -0.1) is 15.3 Å². The molecule has 4 aromatic rings. The maximum absolute atomic E-state index is 13.3. The van der Waals surface area contributed by atoms with Gasteiger partial charge in [-0.25, -0.2) is 4.39 Å². The van der Waals surface area contributed by atoms with Crippen LogP contribution in [0.3, 0.4) is 0 Å². The number of nitrogens with zero attached hydrogens (tertiary/aromatic N) is 6. The summed E-state index contributed by atoms with van der Waals surface area (Å²) in [5.74, 6) is 1.70. The number of nitrogens with one attached hydrogen (secondary N) is 1. The number of hydrogen-bond acceptors (Lipinski definition) is 6. The summed E-state index contributed by atoms with van der Waals surface area (Å²) >= 11 is 11.8. The minimum Gasteiger partial charge on any atom is -0.495 e. The molecule has 1 aliphatic rings. The fourth-order valence-corrected chi connectivity index (χ4v) is 4.37. The Hall–Kier alpha value is -3.50. The van der Waals surface area contributed by atoms with E-state index in [-0.39, 0.29) is 5.82 Å². The van der Waals surface area contributed by atoms with Gasteiger partial charge >= 0.3 is 0 Å². The maximum Gasteiger partial charge on any atom is 0.185 e. The van der Waals surface area contributed by atoms with Crippen LogP contribution >= 0.6 is 23.8 Å². The lowest BCUT2D eigenvalue weighted by atomic mass is 10.2. The van der Waals surface area contributed by atoms with Crippen LogP contribution < -0.4 is 15.0 Å². The van der Waals surface area contributed by atoms with Gasteiger partial charge in [-0.2, -0.15) is 4.52 Å². The number of methoxy groups -OCH3 is 1. The molecule has 1 aliphatic heterocycles. The number of ether oxygens (including phenoxy) is 1.